The number of rotatable bonds is 14. The minimum absolute atomic E-state index is 0.0165. The van der Waals surface area contributed by atoms with Crippen molar-refractivity contribution in [2.75, 3.05) is 25.1 Å². The van der Waals surface area contributed by atoms with Gasteiger partial charge in [0, 0.05) is 23.5 Å². The van der Waals surface area contributed by atoms with E-state index in [0.29, 0.717) is 5.75 Å². The van der Waals surface area contributed by atoms with Crippen molar-refractivity contribution in [3.8, 4) is 11.5 Å². The molecule has 0 aliphatic heterocycles. The molecule has 1 fully saturated rings. The van der Waals surface area contributed by atoms with Crippen LogP contribution in [-0.2, 0) is 32.6 Å². The Morgan fingerprint density at radius 1 is 0.837 bits per heavy atom. The Bertz CT molecular complexity index is 1810. The van der Waals surface area contributed by atoms with E-state index in [0.717, 1.165) is 52.0 Å². The van der Waals surface area contributed by atoms with Gasteiger partial charge in [0.2, 0.25) is 11.8 Å². The van der Waals surface area contributed by atoms with Gasteiger partial charge in [0.1, 0.15) is 24.1 Å². The van der Waals surface area contributed by atoms with Crippen molar-refractivity contribution >= 4 is 43.5 Å². The molecule has 1 saturated carbocycles. The van der Waals surface area contributed by atoms with Gasteiger partial charge in [-0.3, -0.25) is 13.9 Å². The maximum absolute atomic E-state index is 14.8. The summed E-state index contributed by atoms with van der Waals surface area (Å²) < 4.78 is 41.5. The molecule has 0 spiro atoms. The average molecular weight is 749 g/mol. The molecule has 1 atom stereocenters. The number of nitrogens with zero attached hydrogens (tertiary/aromatic N) is 2. The molecule has 1 aliphatic rings. The van der Waals surface area contributed by atoms with Gasteiger partial charge in [-0.2, -0.15) is 0 Å². The van der Waals surface area contributed by atoms with E-state index in [2.05, 4.69) is 21.2 Å². The number of amides is 2. The molecule has 0 saturated heterocycles. The van der Waals surface area contributed by atoms with Crippen molar-refractivity contribution in [2.45, 2.75) is 62.0 Å². The van der Waals surface area contributed by atoms with E-state index < -0.39 is 28.5 Å². The number of carbonyl (C=O) groups excluding carboxylic acids is 2. The van der Waals surface area contributed by atoms with Gasteiger partial charge in [-0.15, -0.1) is 0 Å². The first kappa shape index (κ1) is 35.9. The quantitative estimate of drug-likeness (QED) is 0.153. The SMILES string of the molecule is COc1ccc(S(=O)(=O)N(CC(=O)N(Cc2cccc(Br)c2)[C@H](Cc2ccccc2)C(=O)NC2CCCCC2)c2ccccc2OC)cc1. The van der Waals surface area contributed by atoms with Gasteiger partial charge < -0.3 is 19.7 Å². The van der Waals surface area contributed by atoms with E-state index in [1.165, 1.54) is 31.3 Å². The Morgan fingerprint density at radius 2 is 1.51 bits per heavy atom. The van der Waals surface area contributed by atoms with Gasteiger partial charge in [0.15, 0.2) is 0 Å². The summed E-state index contributed by atoms with van der Waals surface area (Å²) in [5.74, 6) is -0.0303. The van der Waals surface area contributed by atoms with E-state index in [4.69, 9.17) is 9.47 Å². The lowest BCUT2D eigenvalue weighted by Crippen LogP contribution is -2.55. The summed E-state index contributed by atoms with van der Waals surface area (Å²) in [5, 5.41) is 3.24. The number of ether oxygens (including phenoxy) is 2. The van der Waals surface area contributed by atoms with Gasteiger partial charge in [-0.1, -0.05) is 89.8 Å². The van der Waals surface area contributed by atoms with Crippen molar-refractivity contribution in [2.24, 2.45) is 0 Å². The zero-order valence-corrected chi connectivity index (χ0v) is 30.2. The highest BCUT2D eigenvalue weighted by Crippen LogP contribution is 2.33. The summed E-state index contributed by atoms with van der Waals surface area (Å²) in [7, 11) is -1.36. The second-order valence-corrected chi connectivity index (χ2v) is 14.8. The van der Waals surface area contributed by atoms with Crippen LogP contribution in [0, 0.1) is 0 Å². The fourth-order valence-electron chi connectivity index (χ4n) is 6.15. The number of carbonyl (C=O) groups is 2. The van der Waals surface area contributed by atoms with E-state index in [-0.39, 0.29) is 41.2 Å². The third kappa shape index (κ3) is 9.21. The monoisotopic (exact) mass is 747 g/mol. The fraction of sp³-hybridized carbons (Fsp3) is 0.316. The van der Waals surface area contributed by atoms with Gasteiger partial charge in [-0.25, -0.2) is 8.42 Å². The molecular weight excluding hydrogens is 706 g/mol. The molecule has 1 N–H and O–H groups in total. The molecule has 1 aliphatic carbocycles. The minimum Gasteiger partial charge on any atom is -0.497 e. The van der Waals surface area contributed by atoms with Crippen LogP contribution in [-0.4, -0.2) is 58.0 Å². The summed E-state index contributed by atoms with van der Waals surface area (Å²) in [5.41, 5.74) is 1.86. The molecule has 0 heterocycles. The average Bonchev–Trinajstić information content (AvgIpc) is 3.12. The summed E-state index contributed by atoms with van der Waals surface area (Å²) >= 11 is 3.53. The van der Waals surface area contributed by atoms with Crippen LogP contribution in [0.1, 0.15) is 43.2 Å². The van der Waals surface area contributed by atoms with Crippen LogP contribution in [0.4, 0.5) is 5.69 Å². The zero-order chi connectivity index (χ0) is 34.8. The van der Waals surface area contributed by atoms with Crippen LogP contribution < -0.4 is 19.1 Å². The predicted molar refractivity (Wildman–Crippen MR) is 194 cm³/mol. The number of benzene rings is 4. The number of hydrogen-bond donors (Lipinski definition) is 1. The number of sulfonamides is 1. The highest BCUT2D eigenvalue weighted by Gasteiger charge is 2.36. The number of methoxy groups -OCH3 is 2. The summed E-state index contributed by atoms with van der Waals surface area (Å²) in [6.07, 6.45) is 5.21. The number of halogens is 1. The molecule has 0 radical (unpaired) electrons. The Balaban J connectivity index is 1.58. The first-order valence-electron chi connectivity index (χ1n) is 16.4. The van der Waals surface area contributed by atoms with Crippen molar-refractivity contribution in [3.05, 3.63) is 119 Å². The molecule has 5 rings (SSSR count). The molecule has 0 aromatic heterocycles. The van der Waals surface area contributed by atoms with Crippen molar-refractivity contribution in [1.82, 2.24) is 10.2 Å². The standard InChI is InChI=1S/C38H42BrN3O6S/c1-47-32-20-22-33(23-21-32)49(45,46)42(34-18-9-10-19-36(34)48-2)27-37(43)41(26-29-14-11-15-30(39)24-29)35(25-28-12-5-3-6-13-28)38(44)40-31-16-7-4-8-17-31/h3,5-6,9-15,18-24,31,35H,4,7-8,16-17,25-27H2,1-2H3,(H,40,44)/t35-/m1/s1. The third-order valence-corrected chi connectivity index (χ3v) is 11.0. The predicted octanol–water partition coefficient (Wildman–Crippen LogP) is 6.75. The number of nitrogens with one attached hydrogen (secondary N) is 1. The van der Waals surface area contributed by atoms with Crippen molar-refractivity contribution in [1.29, 1.82) is 0 Å². The molecule has 258 valence electrons. The van der Waals surface area contributed by atoms with Gasteiger partial charge >= 0.3 is 0 Å². The Kier molecular flexibility index (Phi) is 12.4. The molecule has 2 amide bonds. The van der Waals surface area contributed by atoms with Crippen LogP contribution in [0.25, 0.3) is 0 Å². The van der Waals surface area contributed by atoms with Crippen molar-refractivity contribution < 1.29 is 27.5 Å². The molecule has 9 nitrogen and oxygen atoms in total. The molecule has 49 heavy (non-hydrogen) atoms. The number of anilines is 1. The Labute approximate surface area is 297 Å². The van der Waals surface area contributed by atoms with Crippen molar-refractivity contribution in [3.63, 3.8) is 0 Å². The molecule has 4 aromatic carbocycles. The maximum Gasteiger partial charge on any atom is 0.264 e. The molecular formula is C38H42BrN3O6S. The van der Waals surface area contributed by atoms with Gasteiger partial charge in [-0.05, 0) is 72.5 Å². The largest absolute Gasteiger partial charge is 0.497 e. The van der Waals surface area contributed by atoms with E-state index in [1.807, 2.05) is 54.6 Å². The number of hydrogen-bond acceptors (Lipinski definition) is 6. The second-order valence-electron chi connectivity index (χ2n) is 12.1. The highest BCUT2D eigenvalue weighted by molar-refractivity contribution is 9.10. The van der Waals surface area contributed by atoms with Gasteiger partial charge in [0.25, 0.3) is 10.0 Å². The second kappa shape index (κ2) is 16.8. The highest BCUT2D eigenvalue weighted by atomic mass is 79.9. The fourth-order valence-corrected chi connectivity index (χ4v) is 8.03. The van der Waals surface area contributed by atoms with Crippen LogP contribution in [0.2, 0.25) is 0 Å². The normalized spacial score (nSPS) is 14.0. The molecule has 0 bridgehead atoms. The molecule has 4 aromatic rings. The van der Waals surface area contributed by atoms with E-state index >= 15 is 0 Å². The summed E-state index contributed by atoms with van der Waals surface area (Å²) in [6.45, 7) is -0.499. The summed E-state index contributed by atoms with van der Waals surface area (Å²) in [6, 6.07) is 28.8. The summed E-state index contributed by atoms with van der Waals surface area (Å²) in [4.78, 5) is 30.6. The smallest absolute Gasteiger partial charge is 0.264 e. The van der Waals surface area contributed by atoms with E-state index in [1.54, 1.807) is 36.4 Å². The Hall–Kier alpha value is -4.35. The lowest BCUT2D eigenvalue weighted by atomic mass is 9.94. The van der Waals surface area contributed by atoms with Crippen LogP contribution >= 0.6 is 15.9 Å². The lowest BCUT2D eigenvalue weighted by Gasteiger charge is -2.35. The first-order chi connectivity index (χ1) is 23.7. The van der Waals surface area contributed by atoms with E-state index in [9.17, 15) is 18.0 Å². The first-order valence-corrected chi connectivity index (χ1v) is 18.6. The molecule has 0 unspecified atom stereocenters. The Morgan fingerprint density at radius 3 is 2.18 bits per heavy atom. The minimum atomic E-state index is -4.31. The molecule has 11 heteroatoms. The third-order valence-electron chi connectivity index (χ3n) is 8.74. The zero-order valence-electron chi connectivity index (χ0n) is 27.8. The van der Waals surface area contributed by atoms with Crippen LogP contribution in [0.15, 0.2) is 112 Å². The number of para-hydroxylation sites is 2. The van der Waals surface area contributed by atoms with Crippen LogP contribution in [0.5, 0.6) is 11.5 Å². The van der Waals surface area contributed by atoms with Crippen LogP contribution in [0.3, 0.4) is 0 Å². The topological polar surface area (TPSA) is 105 Å². The van der Waals surface area contributed by atoms with Gasteiger partial charge in [0.05, 0.1) is 24.8 Å². The lowest BCUT2D eigenvalue weighted by molar-refractivity contribution is -0.140. The maximum atomic E-state index is 14.8.